The largest absolute Gasteiger partial charge is 0.478 e. The molecule has 2 saturated heterocycles. The van der Waals surface area contributed by atoms with Crippen molar-refractivity contribution in [1.29, 1.82) is 0 Å². The first kappa shape index (κ1) is 22.7. The van der Waals surface area contributed by atoms with Gasteiger partial charge in [-0.1, -0.05) is 12.1 Å². The first-order chi connectivity index (χ1) is 16.6. The number of morpholine rings is 1. The van der Waals surface area contributed by atoms with Gasteiger partial charge in [0.1, 0.15) is 5.82 Å². The highest BCUT2D eigenvalue weighted by Crippen LogP contribution is 2.34. The number of carboxylic acids is 1. The Hall–Kier alpha value is -3.03. The van der Waals surface area contributed by atoms with E-state index in [1.165, 1.54) is 5.69 Å². The number of carboxylic acid groups (broad SMARTS) is 1. The van der Waals surface area contributed by atoms with E-state index in [1.807, 2.05) is 6.92 Å². The zero-order valence-corrected chi connectivity index (χ0v) is 20.0. The Bertz CT molecular complexity index is 1160. The minimum atomic E-state index is -0.887. The van der Waals surface area contributed by atoms with Gasteiger partial charge in [0.15, 0.2) is 0 Å². The maximum atomic E-state index is 12.1. The molecule has 0 aliphatic carbocycles. The Morgan fingerprint density at radius 1 is 1.03 bits per heavy atom. The van der Waals surface area contributed by atoms with E-state index >= 15 is 0 Å². The van der Waals surface area contributed by atoms with Crippen molar-refractivity contribution in [2.24, 2.45) is 0 Å². The molecule has 0 unspecified atom stereocenters. The van der Waals surface area contributed by atoms with Crippen LogP contribution >= 0.6 is 0 Å². The maximum Gasteiger partial charge on any atom is 0.336 e. The summed E-state index contributed by atoms with van der Waals surface area (Å²) >= 11 is 0. The number of carbonyl (C=O) groups is 1. The van der Waals surface area contributed by atoms with Crippen LogP contribution in [0, 0.1) is 6.92 Å². The highest BCUT2D eigenvalue weighted by molar-refractivity contribution is 5.93. The van der Waals surface area contributed by atoms with Gasteiger partial charge in [-0.2, -0.15) is 0 Å². The second-order valence-electron chi connectivity index (χ2n) is 9.11. The van der Waals surface area contributed by atoms with E-state index in [4.69, 9.17) is 9.47 Å². The Morgan fingerprint density at radius 2 is 1.71 bits per heavy atom. The van der Waals surface area contributed by atoms with Crippen LogP contribution in [0.1, 0.15) is 35.7 Å². The normalized spacial score (nSPS) is 17.3. The van der Waals surface area contributed by atoms with Crippen LogP contribution in [0.3, 0.4) is 0 Å². The molecule has 0 atom stereocenters. The fourth-order valence-corrected chi connectivity index (χ4v) is 5.33. The average molecular weight is 464 g/mol. The molecule has 1 aromatic carbocycles. The molecule has 0 spiro atoms. The number of fused-ring (bicyclic) bond motifs is 1. The van der Waals surface area contributed by atoms with E-state index in [0.29, 0.717) is 11.6 Å². The smallest absolute Gasteiger partial charge is 0.336 e. The minimum Gasteiger partial charge on any atom is -0.478 e. The third kappa shape index (κ3) is 4.26. The van der Waals surface area contributed by atoms with Crippen molar-refractivity contribution in [3.05, 3.63) is 53.7 Å². The number of rotatable bonds is 6. The van der Waals surface area contributed by atoms with Gasteiger partial charge >= 0.3 is 5.97 Å². The second kappa shape index (κ2) is 9.68. The highest BCUT2D eigenvalue weighted by Gasteiger charge is 2.26. The van der Waals surface area contributed by atoms with E-state index in [-0.39, 0.29) is 0 Å². The lowest BCUT2D eigenvalue weighted by molar-refractivity contribution is 0.0695. The van der Waals surface area contributed by atoms with Gasteiger partial charge in [0.2, 0.25) is 0 Å². The zero-order valence-electron chi connectivity index (χ0n) is 20.0. The van der Waals surface area contributed by atoms with Crippen molar-refractivity contribution < 1.29 is 19.4 Å². The summed E-state index contributed by atoms with van der Waals surface area (Å²) < 4.78 is 13.2. The van der Waals surface area contributed by atoms with Crippen LogP contribution in [0.25, 0.3) is 16.6 Å². The number of benzene rings is 1. The lowest BCUT2D eigenvalue weighted by atomic mass is 10.0. The summed E-state index contributed by atoms with van der Waals surface area (Å²) in [5.74, 6) is 0.0855. The Balaban J connectivity index is 1.56. The van der Waals surface area contributed by atoms with Gasteiger partial charge < -0.3 is 28.8 Å². The zero-order chi connectivity index (χ0) is 23.7. The number of aromatic nitrogens is 1. The van der Waals surface area contributed by atoms with Crippen LogP contribution in [0.5, 0.6) is 0 Å². The number of ether oxygens (including phenoxy) is 2. The quantitative estimate of drug-likeness (QED) is 0.583. The standard InChI is InChI=1S/C27H33N3O4/c1-3-29(23-8-12-33-13-9-23)26-19(2)25(27(31)32)17-24-16-21(18-30(24)26)20-4-6-22(7-5-20)28-10-14-34-15-11-28/h4-7,16-18,23H,3,8-15H2,1-2H3,(H,31,32). The first-order valence-corrected chi connectivity index (χ1v) is 12.2. The van der Waals surface area contributed by atoms with Crippen LogP contribution < -0.4 is 9.80 Å². The molecule has 2 aliphatic rings. The topological polar surface area (TPSA) is 66.7 Å². The van der Waals surface area contributed by atoms with Crippen molar-refractivity contribution in [3.8, 4) is 11.1 Å². The third-order valence-electron chi connectivity index (χ3n) is 7.16. The predicted octanol–water partition coefficient (Wildman–Crippen LogP) is 4.45. The molecule has 2 aliphatic heterocycles. The summed E-state index contributed by atoms with van der Waals surface area (Å²) in [6, 6.07) is 12.9. The summed E-state index contributed by atoms with van der Waals surface area (Å²) in [6.07, 6.45) is 4.04. The van der Waals surface area contributed by atoms with E-state index in [1.54, 1.807) is 6.07 Å². The van der Waals surface area contributed by atoms with Crippen LogP contribution in [0.4, 0.5) is 11.5 Å². The lowest BCUT2D eigenvalue weighted by Crippen LogP contribution is -2.41. The fraction of sp³-hybridized carbons (Fsp3) is 0.444. The monoisotopic (exact) mass is 463 g/mol. The summed E-state index contributed by atoms with van der Waals surface area (Å²) in [4.78, 5) is 16.8. The van der Waals surface area contributed by atoms with E-state index in [2.05, 4.69) is 57.7 Å². The molecule has 2 aromatic heterocycles. The van der Waals surface area contributed by atoms with E-state index in [9.17, 15) is 9.90 Å². The number of pyridine rings is 1. The number of nitrogens with zero attached hydrogens (tertiary/aromatic N) is 3. The summed E-state index contributed by atoms with van der Waals surface area (Å²) in [5, 5.41) is 9.93. The fourth-order valence-electron chi connectivity index (χ4n) is 5.33. The van der Waals surface area contributed by atoms with E-state index < -0.39 is 5.97 Å². The Labute approximate surface area is 200 Å². The molecular weight excluding hydrogens is 430 g/mol. The molecule has 34 heavy (non-hydrogen) atoms. The Kier molecular flexibility index (Phi) is 6.48. The lowest BCUT2D eigenvalue weighted by Gasteiger charge is -2.36. The number of hydrogen-bond donors (Lipinski definition) is 1. The van der Waals surface area contributed by atoms with Crippen LogP contribution in [0.2, 0.25) is 0 Å². The second-order valence-corrected chi connectivity index (χ2v) is 9.11. The van der Waals surface area contributed by atoms with Crippen molar-refractivity contribution in [3.63, 3.8) is 0 Å². The van der Waals surface area contributed by atoms with Gasteiger partial charge in [0.25, 0.3) is 0 Å². The molecule has 0 radical (unpaired) electrons. The van der Waals surface area contributed by atoms with Crippen molar-refractivity contribution in [1.82, 2.24) is 4.40 Å². The van der Waals surface area contributed by atoms with Crippen LogP contribution in [-0.4, -0.2) is 67.6 Å². The summed E-state index contributed by atoms with van der Waals surface area (Å²) in [5.41, 5.74) is 5.47. The molecule has 7 nitrogen and oxygen atoms in total. The van der Waals surface area contributed by atoms with Crippen LogP contribution in [0.15, 0.2) is 42.6 Å². The van der Waals surface area contributed by atoms with Gasteiger partial charge in [-0.15, -0.1) is 0 Å². The van der Waals surface area contributed by atoms with Gasteiger partial charge in [-0.25, -0.2) is 4.79 Å². The number of anilines is 2. The molecule has 0 bridgehead atoms. The molecule has 4 heterocycles. The maximum absolute atomic E-state index is 12.1. The molecule has 7 heteroatoms. The van der Waals surface area contributed by atoms with Gasteiger partial charge in [-0.05, 0) is 56.5 Å². The van der Waals surface area contributed by atoms with Gasteiger partial charge in [0, 0.05) is 67.4 Å². The molecule has 5 rings (SSSR count). The van der Waals surface area contributed by atoms with Crippen molar-refractivity contribution in [2.45, 2.75) is 32.7 Å². The SMILES string of the molecule is CCN(c1c(C)c(C(=O)O)cc2cc(-c3ccc(N4CCOCC4)cc3)cn12)C1CCOCC1. The third-order valence-corrected chi connectivity index (χ3v) is 7.16. The van der Waals surface area contributed by atoms with Gasteiger partial charge in [-0.3, -0.25) is 0 Å². The van der Waals surface area contributed by atoms with E-state index in [0.717, 1.165) is 86.9 Å². The molecule has 180 valence electrons. The van der Waals surface area contributed by atoms with Crippen molar-refractivity contribution >= 4 is 23.0 Å². The molecule has 1 N–H and O–H groups in total. The summed E-state index contributed by atoms with van der Waals surface area (Å²) in [6.45, 7) is 9.72. The molecule has 3 aromatic rings. The Morgan fingerprint density at radius 3 is 2.35 bits per heavy atom. The average Bonchev–Trinajstić information content (AvgIpc) is 3.30. The first-order valence-electron chi connectivity index (χ1n) is 12.2. The van der Waals surface area contributed by atoms with Crippen LogP contribution in [-0.2, 0) is 9.47 Å². The molecular formula is C27H33N3O4. The highest BCUT2D eigenvalue weighted by atomic mass is 16.5. The molecule has 0 amide bonds. The minimum absolute atomic E-state index is 0.336. The van der Waals surface area contributed by atoms with Gasteiger partial charge in [0.05, 0.1) is 18.8 Å². The van der Waals surface area contributed by atoms with Crippen molar-refractivity contribution in [2.75, 3.05) is 55.9 Å². The number of hydrogen-bond acceptors (Lipinski definition) is 5. The number of aromatic carboxylic acids is 1. The predicted molar refractivity (Wildman–Crippen MR) is 134 cm³/mol. The molecule has 2 fully saturated rings. The summed E-state index contributed by atoms with van der Waals surface area (Å²) in [7, 11) is 0. The molecule has 0 saturated carbocycles.